The van der Waals surface area contributed by atoms with Crippen molar-refractivity contribution in [2.45, 2.75) is 45.2 Å². The molecule has 0 aliphatic heterocycles. The lowest BCUT2D eigenvalue weighted by atomic mass is 10.2. The molecule has 112 valence electrons. The zero-order valence-corrected chi connectivity index (χ0v) is 13.4. The molecule has 5 heteroatoms. The molecule has 0 saturated heterocycles. The molecule has 4 nitrogen and oxygen atoms in total. The van der Waals surface area contributed by atoms with Gasteiger partial charge in [0.15, 0.2) is 0 Å². The summed E-state index contributed by atoms with van der Waals surface area (Å²) in [4.78, 5) is 10.4. The van der Waals surface area contributed by atoms with Crippen molar-refractivity contribution in [1.82, 2.24) is 15.3 Å². The number of pyridine rings is 1. The maximum Gasteiger partial charge on any atom is 0.212 e. The van der Waals surface area contributed by atoms with E-state index in [4.69, 9.17) is 9.72 Å². The quantitative estimate of drug-likeness (QED) is 0.854. The molecule has 0 bridgehead atoms. The first-order chi connectivity index (χ1) is 10.3. The van der Waals surface area contributed by atoms with E-state index < -0.39 is 0 Å². The maximum absolute atomic E-state index is 5.09. The predicted molar refractivity (Wildman–Crippen MR) is 84.9 cm³/mol. The van der Waals surface area contributed by atoms with Gasteiger partial charge in [0.1, 0.15) is 0 Å². The number of rotatable bonds is 7. The van der Waals surface area contributed by atoms with Gasteiger partial charge < -0.3 is 10.1 Å². The summed E-state index contributed by atoms with van der Waals surface area (Å²) in [5, 5.41) is 4.75. The number of hydrogen-bond acceptors (Lipinski definition) is 5. The summed E-state index contributed by atoms with van der Waals surface area (Å²) in [6.07, 6.45) is 6.36. The van der Waals surface area contributed by atoms with Gasteiger partial charge in [-0.25, -0.2) is 9.97 Å². The van der Waals surface area contributed by atoms with Crippen LogP contribution in [0.5, 0.6) is 5.88 Å². The highest BCUT2D eigenvalue weighted by atomic mass is 32.1. The molecule has 0 amide bonds. The molecule has 0 unspecified atom stereocenters. The zero-order valence-electron chi connectivity index (χ0n) is 12.6. The van der Waals surface area contributed by atoms with E-state index in [0.29, 0.717) is 5.88 Å². The Balaban J connectivity index is 1.68. The lowest BCUT2D eigenvalue weighted by molar-refractivity contribution is 0.397. The molecular weight excluding hydrogens is 282 g/mol. The average molecular weight is 303 g/mol. The molecule has 3 rings (SSSR count). The third-order valence-electron chi connectivity index (χ3n) is 3.65. The van der Waals surface area contributed by atoms with Crippen molar-refractivity contribution < 1.29 is 4.74 Å². The second-order valence-electron chi connectivity index (χ2n) is 5.37. The summed E-state index contributed by atoms with van der Waals surface area (Å²) >= 11 is 1.83. The summed E-state index contributed by atoms with van der Waals surface area (Å²) in [7, 11) is 1.63. The normalized spacial score (nSPS) is 14.4. The van der Waals surface area contributed by atoms with E-state index in [0.717, 1.165) is 25.4 Å². The molecule has 1 aliphatic carbocycles. The first kappa shape index (κ1) is 14.5. The van der Waals surface area contributed by atoms with E-state index in [2.05, 4.69) is 23.3 Å². The summed E-state index contributed by atoms with van der Waals surface area (Å²) < 4.78 is 5.09. The van der Waals surface area contributed by atoms with Crippen LogP contribution >= 0.6 is 11.3 Å². The minimum absolute atomic E-state index is 0.654. The van der Waals surface area contributed by atoms with Crippen LogP contribution in [0.25, 0.3) is 0 Å². The molecule has 0 atom stereocenters. The van der Waals surface area contributed by atoms with E-state index in [1.165, 1.54) is 34.0 Å². The van der Waals surface area contributed by atoms with E-state index in [1.54, 1.807) is 7.11 Å². The Labute approximate surface area is 129 Å². The molecular formula is C16H21N3OS. The highest BCUT2D eigenvalue weighted by molar-refractivity contribution is 7.11. The fourth-order valence-corrected chi connectivity index (χ4v) is 3.40. The number of nitrogens with one attached hydrogen (secondary N) is 1. The molecule has 0 spiro atoms. The average Bonchev–Trinajstić information content (AvgIpc) is 3.27. The number of methoxy groups -OCH3 is 1. The third-order valence-corrected chi connectivity index (χ3v) is 4.75. The van der Waals surface area contributed by atoms with Crippen molar-refractivity contribution in [1.29, 1.82) is 0 Å². The molecule has 1 fully saturated rings. The van der Waals surface area contributed by atoms with Gasteiger partial charge >= 0.3 is 0 Å². The Morgan fingerprint density at radius 3 is 2.86 bits per heavy atom. The van der Waals surface area contributed by atoms with Crippen LogP contribution in [0.2, 0.25) is 0 Å². The molecule has 2 heterocycles. The van der Waals surface area contributed by atoms with Crippen LogP contribution in [0.1, 0.15) is 40.9 Å². The van der Waals surface area contributed by atoms with Gasteiger partial charge in [0.2, 0.25) is 5.88 Å². The fourth-order valence-electron chi connectivity index (χ4n) is 2.26. The van der Waals surface area contributed by atoms with E-state index in [-0.39, 0.29) is 0 Å². The lowest BCUT2D eigenvalue weighted by Gasteiger charge is -2.01. The van der Waals surface area contributed by atoms with Gasteiger partial charge in [-0.3, -0.25) is 0 Å². The molecule has 2 aromatic rings. The van der Waals surface area contributed by atoms with Crippen molar-refractivity contribution in [3.8, 4) is 5.88 Å². The van der Waals surface area contributed by atoms with E-state index in [9.17, 15) is 0 Å². The largest absolute Gasteiger partial charge is 0.481 e. The highest BCUT2D eigenvalue weighted by Gasteiger charge is 2.21. The van der Waals surface area contributed by atoms with Crippen molar-refractivity contribution in [2.24, 2.45) is 0 Å². The van der Waals surface area contributed by atoms with Crippen molar-refractivity contribution >= 4 is 11.3 Å². The molecule has 1 N–H and O–H groups in total. The van der Waals surface area contributed by atoms with Gasteiger partial charge in [-0.1, -0.05) is 13.0 Å². The van der Waals surface area contributed by atoms with Crippen molar-refractivity contribution in [2.75, 3.05) is 7.11 Å². The monoisotopic (exact) mass is 303 g/mol. The number of nitrogens with zero attached hydrogens (tertiary/aromatic N) is 2. The topological polar surface area (TPSA) is 47.0 Å². The van der Waals surface area contributed by atoms with Crippen molar-refractivity contribution in [3.05, 3.63) is 39.5 Å². The van der Waals surface area contributed by atoms with Gasteiger partial charge in [-0.05, 0) is 24.8 Å². The van der Waals surface area contributed by atoms with Crippen LogP contribution in [-0.4, -0.2) is 23.1 Å². The minimum atomic E-state index is 0.654. The van der Waals surface area contributed by atoms with E-state index in [1.807, 2.05) is 23.6 Å². The third kappa shape index (κ3) is 3.80. The van der Waals surface area contributed by atoms with Gasteiger partial charge in [0.05, 0.1) is 17.8 Å². The Morgan fingerprint density at radius 2 is 2.24 bits per heavy atom. The zero-order chi connectivity index (χ0) is 14.7. The predicted octanol–water partition coefficient (Wildman–Crippen LogP) is 2.95. The number of thiazole rings is 1. The molecule has 2 aromatic heterocycles. The van der Waals surface area contributed by atoms with Gasteiger partial charge in [-0.15, -0.1) is 11.3 Å². The first-order valence-electron chi connectivity index (χ1n) is 7.48. The molecule has 0 aromatic carbocycles. The minimum Gasteiger partial charge on any atom is -0.481 e. The highest BCUT2D eigenvalue weighted by Crippen LogP contribution is 2.24. The van der Waals surface area contributed by atoms with Crippen LogP contribution in [-0.2, 0) is 19.4 Å². The second kappa shape index (κ2) is 6.54. The Kier molecular flexibility index (Phi) is 4.51. The molecule has 21 heavy (non-hydrogen) atoms. The molecule has 0 radical (unpaired) electrons. The Morgan fingerprint density at radius 1 is 1.38 bits per heavy atom. The summed E-state index contributed by atoms with van der Waals surface area (Å²) in [6.45, 7) is 3.14. The number of hydrogen-bond donors (Lipinski definition) is 1. The summed E-state index contributed by atoms with van der Waals surface area (Å²) in [5.41, 5.74) is 2.42. The van der Waals surface area contributed by atoms with Crippen LogP contribution in [0.4, 0.5) is 0 Å². The van der Waals surface area contributed by atoms with E-state index >= 15 is 0 Å². The van der Waals surface area contributed by atoms with Gasteiger partial charge in [0, 0.05) is 36.1 Å². The van der Waals surface area contributed by atoms with Crippen LogP contribution in [0, 0.1) is 0 Å². The standard InChI is InChI=1S/C16H21N3OS/c1-3-13-14(10-17-12-5-6-12)21-16(19-13)8-11-4-7-15(20-2)18-9-11/h4,7,9,12,17H,3,5-6,8,10H2,1-2H3. The Bertz CT molecular complexity index is 590. The van der Waals surface area contributed by atoms with Gasteiger partial charge in [-0.2, -0.15) is 0 Å². The Hall–Kier alpha value is -1.46. The summed E-state index contributed by atoms with van der Waals surface area (Å²) in [5.74, 6) is 0.654. The second-order valence-corrected chi connectivity index (χ2v) is 6.54. The lowest BCUT2D eigenvalue weighted by Crippen LogP contribution is -2.15. The molecule has 1 saturated carbocycles. The SMILES string of the molecule is CCc1nc(Cc2ccc(OC)nc2)sc1CNC1CC1. The fraction of sp³-hybridized carbons (Fsp3) is 0.500. The number of ether oxygens (including phenoxy) is 1. The van der Waals surface area contributed by atoms with Gasteiger partial charge in [0.25, 0.3) is 0 Å². The summed E-state index contributed by atoms with van der Waals surface area (Å²) in [6, 6.07) is 4.70. The van der Waals surface area contributed by atoms with Crippen molar-refractivity contribution in [3.63, 3.8) is 0 Å². The number of aryl methyl sites for hydroxylation is 1. The van der Waals surface area contributed by atoms with Crippen LogP contribution in [0.15, 0.2) is 18.3 Å². The molecule has 1 aliphatic rings. The first-order valence-corrected chi connectivity index (χ1v) is 8.30. The van der Waals surface area contributed by atoms with Crippen LogP contribution < -0.4 is 10.1 Å². The number of aromatic nitrogens is 2. The smallest absolute Gasteiger partial charge is 0.212 e. The maximum atomic E-state index is 5.09. The van der Waals surface area contributed by atoms with Crippen LogP contribution in [0.3, 0.4) is 0 Å².